The van der Waals surface area contributed by atoms with Crippen molar-refractivity contribution in [1.82, 2.24) is 9.78 Å². The molecule has 0 aliphatic carbocycles. The highest BCUT2D eigenvalue weighted by atomic mass is 16.5. The van der Waals surface area contributed by atoms with Crippen LogP contribution >= 0.6 is 0 Å². The lowest BCUT2D eigenvalue weighted by Gasteiger charge is -2.11. The highest BCUT2D eigenvalue weighted by molar-refractivity contribution is 5.79. The predicted octanol–water partition coefficient (Wildman–Crippen LogP) is 4.78. The Balaban J connectivity index is 1.70. The van der Waals surface area contributed by atoms with Crippen LogP contribution in [-0.2, 0) is 11.4 Å². The second kappa shape index (κ2) is 8.62. The van der Waals surface area contributed by atoms with Crippen molar-refractivity contribution in [3.63, 3.8) is 0 Å². The van der Waals surface area contributed by atoms with Crippen LogP contribution < -0.4 is 4.74 Å². The van der Waals surface area contributed by atoms with Gasteiger partial charge in [-0.3, -0.25) is 9.48 Å². The third-order valence-electron chi connectivity index (χ3n) is 4.54. The first-order chi connectivity index (χ1) is 13.5. The van der Waals surface area contributed by atoms with Gasteiger partial charge in [0.15, 0.2) is 0 Å². The first-order valence-electron chi connectivity index (χ1n) is 9.31. The fraction of sp³-hybridized carbons (Fsp3) is 0.304. The molecule has 144 valence electrons. The highest BCUT2D eigenvalue weighted by Gasteiger charge is 2.13. The maximum absolute atomic E-state index is 11.0. The van der Waals surface area contributed by atoms with Gasteiger partial charge in [0.1, 0.15) is 12.4 Å². The van der Waals surface area contributed by atoms with Gasteiger partial charge in [-0.25, -0.2) is 0 Å². The van der Waals surface area contributed by atoms with Crippen LogP contribution in [0.5, 0.6) is 5.75 Å². The Kier molecular flexibility index (Phi) is 6.00. The van der Waals surface area contributed by atoms with E-state index >= 15 is 0 Å². The summed E-state index contributed by atoms with van der Waals surface area (Å²) in [7, 11) is 0. The van der Waals surface area contributed by atoms with Crippen LogP contribution in [0.1, 0.15) is 50.3 Å². The SMILES string of the molecule is CC#C[C@@H](CC(=O)O)c1ccc(OCc2ccc3cnn(C(C)C)c3c2)cc1. The molecule has 1 heterocycles. The predicted molar refractivity (Wildman–Crippen MR) is 109 cm³/mol. The second-order valence-corrected chi connectivity index (χ2v) is 6.98. The van der Waals surface area contributed by atoms with Gasteiger partial charge in [-0.05, 0) is 50.1 Å². The van der Waals surface area contributed by atoms with E-state index in [0.717, 1.165) is 27.8 Å². The van der Waals surface area contributed by atoms with Gasteiger partial charge in [-0.2, -0.15) is 5.10 Å². The molecule has 1 aromatic heterocycles. The van der Waals surface area contributed by atoms with Gasteiger partial charge in [0, 0.05) is 11.4 Å². The van der Waals surface area contributed by atoms with Gasteiger partial charge in [0.25, 0.3) is 0 Å². The quantitative estimate of drug-likeness (QED) is 0.603. The summed E-state index contributed by atoms with van der Waals surface area (Å²) >= 11 is 0. The molecule has 1 atom stereocenters. The molecule has 5 heteroatoms. The molecule has 5 nitrogen and oxygen atoms in total. The minimum atomic E-state index is -0.857. The molecule has 28 heavy (non-hydrogen) atoms. The van der Waals surface area contributed by atoms with E-state index in [1.165, 1.54) is 0 Å². The summed E-state index contributed by atoms with van der Waals surface area (Å²) in [6.07, 6.45) is 1.87. The Hall–Kier alpha value is -3.26. The lowest BCUT2D eigenvalue weighted by atomic mass is 9.96. The molecule has 0 aliphatic rings. The van der Waals surface area contributed by atoms with Gasteiger partial charge in [-0.1, -0.05) is 30.2 Å². The number of rotatable bonds is 7. The average molecular weight is 376 g/mol. The van der Waals surface area contributed by atoms with Gasteiger partial charge in [0.2, 0.25) is 0 Å². The summed E-state index contributed by atoms with van der Waals surface area (Å²) in [5, 5.41) is 14.6. The van der Waals surface area contributed by atoms with E-state index in [2.05, 4.69) is 42.9 Å². The van der Waals surface area contributed by atoms with Crippen molar-refractivity contribution < 1.29 is 14.6 Å². The van der Waals surface area contributed by atoms with Crippen molar-refractivity contribution in [1.29, 1.82) is 0 Å². The number of nitrogens with zero attached hydrogens (tertiary/aromatic N) is 2. The molecule has 1 N–H and O–H groups in total. The van der Waals surface area contributed by atoms with E-state index in [-0.39, 0.29) is 12.3 Å². The Morgan fingerprint density at radius 3 is 2.61 bits per heavy atom. The zero-order valence-electron chi connectivity index (χ0n) is 16.3. The molecule has 0 amide bonds. The zero-order valence-corrected chi connectivity index (χ0v) is 16.3. The summed E-state index contributed by atoms with van der Waals surface area (Å²) in [5.74, 6) is 5.33. The minimum Gasteiger partial charge on any atom is -0.489 e. The summed E-state index contributed by atoms with van der Waals surface area (Å²) < 4.78 is 7.92. The van der Waals surface area contributed by atoms with Crippen LogP contribution in [0, 0.1) is 11.8 Å². The summed E-state index contributed by atoms with van der Waals surface area (Å²) in [4.78, 5) is 11.0. The minimum absolute atomic E-state index is 0.00933. The molecule has 2 aromatic carbocycles. The standard InChI is InChI=1S/C23H24N2O3/c1-4-5-19(13-23(26)27)18-8-10-21(11-9-18)28-15-17-6-7-20-14-24-25(16(2)3)22(20)12-17/h6-12,14,16,19H,13,15H2,1-3H3,(H,26,27)/t19-/m0/s1. The Morgan fingerprint density at radius 2 is 1.96 bits per heavy atom. The molecular formula is C23H24N2O3. The topological polar surface area (TPSA) is 64.3 Å². The van der Waals surface area contributed by atoms with Gasteiger partial charge in [0.05, 0.1) is 24.1 Å². The summed E-state index contributed by atoms with van der Waals surface area (Å²) in [5.41, 5.74) is 3.05. The van der Waals surface area contributed by atoms with E-state index in [1.807, 2.05) is 41.2 Å². The van der Waals surface area contributed by atoms with Crippen LogP contribution in [0.15, 0.2) is 48.7 Å². The van der Waals surface area contributed by atoms with Crippen molar-refractivity contribution in [3.05, 3.63) is 59.8 Å². The lowest BCUT2D eigenvalue weighted by Crippen LogP contribution is -2.05. The van der Waals surface area contributed by atoms with E-state index in [9.17, 15) is 4.79 Å². The normalized spacial score (nSPS) is 11.9. The molecule has 0 aliphatic heterocycles. The van der Waals surface area contributed by atoms with Gasteiger partial charge < -0.3 is 9.84 Å². The number of ether oxygens (including phenoxy) is 1. The molecule has 0 spiro atoms. The smallest absolute Gasteiger partial charge is 0.304 e. The maximum atomic E-state index is 11.0. The molecule has 3 aromatic rings. The maximum Gasteiger partial charge on any atom is 0.304 e. The van der Waals surface area contributed by atoms with E-state index in [0.29, 0.717) is 12.6 Å². The third-order valence-corrected chi connectivity index (χ3v) is 4.54. The first kappa shape index (κ1) is 19.5. The van der Waals surface area contributed by atoms with E-state index in [4.69, 9.17) is 9.84 Å². The molecule has 0 bridgehead atoms. The number of carboxylic acid groups (broad SMARTS) is 1. The van der Waals surface area contributed by atoms with Crippen molar-refractivity contribution >= 4 is 16.9 Å². The Bertz CT molecular complexity index is 1020. The monoisotopic (exact) mass is 376 g/mol. The van der Waals surface area contributed by atoms with Crippen LogP contribution in [0.4, 0.5) is 0 Å². The van der Waals surface area contributed by atoms with Crippen LogP contribution in [-0.4, -0.2) is 20.9 Å². The Labute approximate surface area is 164 Å². The molecule has 0 radical (unpaired) electrons. The molecule has 0 unspecified atom stereocenters. The number of carbonyl (C=O) groups is 1. The van der Waals surface area contributed by atoms with E-state index < -0.39 is 5.97 Å². The van der Waals surface area contributed by atoms with Gasteiger partial charge >= 0.3 is 5.97 Å². The zero-order chi connectivity index (χ0) is 20.1. The Morgan fingerprint density at radius 1 is 1.21 bits per heavy atom. The molecule has 3 rings (SSSR count). The first-order valence-corrected chi connectivity index (χ1v) is 9.31. The highest BCUT2D eigenvalue weighted by Crippen LogP contribution is 2.24. The van der Waals surface area contributed by atoms with Gasteiger partial charge in [-0.15, -0.1) is 5.92 Å². The second-order valence-electron chi connectivity index (χ2n) is 6.98. The fourth-order valence-corrected chi connectivity index (χ4v) is 3.15. The van der Waals surface area contributed by atoms with Crippen LogP contribution in [0.25, 0.3) is 10.9 Å². The van der Waals surface area contributed by atoms with Crippen molar-refractivity contribution in [3.8, 4) is 17.6 Å². The molecular weight excluding hydrogens is 352 g/mol. The third kappa shape index (κ3) is 4.52. The summed E-state index contributed by atoms with van der Waals surface area (Å²) in [6, 6.07) is 14.0. The fourth-order valence-electron chi connectivity index (χ4n) is 3.15. The van der Waals surface area contributed by atoms with Crippen molar-refractivity contribution in [2.75, 3.05) is 0 Å². The van der Waals surface area contributed by atoms with Crippen molar-refractivity contribution in [2.24, 2.45) is 0 Å². The number of benzene rings is 2. The van der Waals surface area contributed by atoms with Crippen molar-refractivity contribution in [2.45, 2.75) is 45.8 Å². The van der Waals surface area contributed by atoms with Crippen LogP contribution in [0.2, 0.25) is 0 Å². The lowest BCUT2D eigenvalue weighted by molar-refractivity contribution is -0.137. The summed E-state index contributed by atoms with van der Waals surface area (Å²) in [6.45, 7) is 6.38. The van der Waals surface area contributed by atoms with E-state index in [1.54, 1.807) is 6.92 Å². The number of aliphatic carboxylic acids is 1. The van der Waals surface area contributed by atoms with Crippen LogP contribution in [0.3, 0.4) is 0 Å². The number of carboxylic acids is 1. The molecule has 0 fully saturated rings. The number of fused-ring (bicyclic) bond motifs is 1. The number of hydrogen-bond donors (Lipinski definition) is 1. The average Bonchev–Trinajstić information content (AvgIpc) is 3.09. The molecule has 0 saturated carbocycles. The number of hydrogen-bond acceptors (Lipinski definition) is 3. The largest absolute Gasteiger partial charge is 0.489 e. The molecule has 0 saturated heterocycles. The number of aromatic nitrogens is 2.